The molecule has 0 atom stereocenters. The van der Waals surface area contributed by atoms with E-state index < -0.39 is 6.69 Å². The fourth-order valence-electron chi connectivity index (χ4n) is 1.18. The number of hydrogen-bond acceptors (Lipinski definition) is 2. The molecule has 2 nitrogen and oxygen atoms in total. The first-order valence-electron chi connectivity index (χ1n) is 5.59. The molecule has 0 radical (unpaired) electrons. The number of ether oxygens (including phenoxy) is 2. The van der Waals surface area contributed by atoms with Crippen LogP contribution in [0.4, 0.5) is 0 Å². The number of unbranched alkanes of at least 4 members (excludes halogenated alkanes) is 2. The highest BCUT2D eigenvalue weighted by Gasteiger charge is 2.19. The zero-order valence-corrected chi connectivity index (χ0v) is 12.2. The summed E-state index contributed by atoms with van der Waals surface area (Å²) in [5, 5.41) is 0. The maximum absolute atomic E-state index is 5.99. The van der Waals surface area contributed by atoms with Crippen molar-refractivity contribution in [2.75, 3.05) is 26.4 Å². The van der Waals surface area contributed by atoms with Crippen molar-refractivity contribution in [3.63, 3.8) is 0 Å². The molecule has 15 heavy (non-hydrogen) atoms. The van der Waals surface area contributed by atoms with Crippen LogP contribution in [0.2, 0.25) is 12.6 Å². The summed E-state index contributed by atoms with van der Waals surface area (Å²) in [6, 6.07) is 0.981. The Morgan fingerprint density at radius 2 is 1.60 bits per heavy atom. The molecule has 0 amide bonds. The molecule has 0 heterocycles. The van der Waals surface area contributed by atoms with Gasteiger partial charge in [0.25, 0.3) is 0 Å². The third kappa shape index (κ3) is 14.7. The van der Waals surface area contributed by atoms with E-state index >= 15 is 0 Å². The Morgan fingerprint density at radius 3 is 2.20 bits per heavy atom. The minimum Gasteiger partial charge on any atom is -0.379 e. The van der Waals surface area contributed by atoms with Crippen LogP contribution in [0.25, 0.3) is 0 Å². The molecule has 0 aromatic heterocycles. The molecule has 0 rings (SSSR count). The summed E-state index contributed by atoms with van der Waals surface area (Å²) in [6.07, 6.45) is 3.35. The van der Waals surface area contributed by atoms with Crippen LogP contribution in [-0.4, -0.2) is 33.1 Å². The maximum Gasteiger partial charge on any atom is 0.248 e. The average Bonchev–Trinajstić information content (AvgIpc) is 2.14. The van der Waals surface area contributed by atoms with Crippen LogP contribution in [0.1, 0.15) is 26.2 Å². The highest BCUT2D eigenvalue weighted by Crippen LogP contribution is 2.22. The summed E-state index contributed by atoms with van der Waals surface area (Å²) in [7, 11) is 0. The lowest BCUT2D eigenvalue weighted by Crippen LogP contribution is -2.11. The van der Waals surface area contributed by atoms with Crippen molar-refractivity contribution in [1.29, 1.82) is 0 Å². The molecule has 0 bridgehead atoms. The smallest absolute Gasteiger partial charge is 0.248 e. The quantitative estimate of drug-likeness (QED) is 0.343. The van der Waals surface area contributed by atoms with Crippen molar-refractivity contribution in [1.82, 2.24) is 0 Å². The van der Waals surface area contributed by atoms with Crippen LogP contribution >= 0.6 is 22.2 Å². The zero-order chi connectivity index (χ0) is 11.6. The predicted molar refractivity (Wildman–Crippen MR) is 69.3 cm³/mol. The summed E-state index contributed by atoms with van der Waals surface area (Å²) < 4.78 is 10.5. The highest BCUT2D eigenvalue weighted by molar-refractivity contribution is 7.44. The first-order valence-corrected chi connectivity index (χ1v) is 10.3. The van der Waals surface area contributed by atoms with E-state index in [2.05, 4.69) is 0 Å². The van der Waals surface area contributed by atoms with Crippen molar-refractivity contribution in [2.24, 2.45) is 0 Å². The van der Waals surface area contributed by atoms with Gasteiger partial charge in [-0.3, -0.25) is 0 Å². The SMILES string of the molecule is CCOCCOCCCCC[Si](C)(Cl)Cl. The van der Waals surface area contributed by atoms with E-state index in [4.69, 9.17) is 31.6 Å². The molecule has 5 heteroatoms. The van der Waals surface area contributed by atoms with Gasteiger partial charge in [0.15, 0.2) is 0 Å². The van der Waals surface area contributed by atoms with Crippen molar-refractivity contribution < 1.29 is 9.47 Å². The molecular formula is C10H22Cl2O2Si. The number of halogens is 2. The van der Waals surface area contributed by atoms with E-state index in [0.717, 1.165) is 38.5 Å². The minimum absolute atomic E-state index is 0.699. The van der Waals surface area contributed by atoms with Gasteiger partial charge in [-0.1, -0.05) is 12.8 Å². The second-order valence-corrected chi connectivity index (χ2v) is 11.9. The Morgan fingerprint density at radius 1 is 0.933 bits per heavy atom. The Labute approximate surface area is 104 Å². The molecule has 0 saturated heterocycles. The van der Waals surface area contributed by atoms with E-state index in [1.165, 1.54) is 0 Å². The Hall–Kier alpha value is 0.717. The molecule has 0 N–H and O–H groups in total. The molecule has 92 valence electrons. The van der Waals surface area contributed by atoms with Gasteiger partial charge in [-0.25, -0.2) is 0 Å². The highest BCUT2D eigenvalue weighted by atomic mass is 35.7. The largest absolute Gasteiger partial charge is 0.379 e. The molecule has 0 saturated carbocycles. The molecule has 0 aromatic carbocycles. The van der Waals surface area contributed by atoms with Crippen LogP contribution in [0.5, 0.6) is 0 Å². The fraction of sp³-hybridized carbons (Fsp3) is 1.00. The maximum atomic E-state index is 5.99. The van der Waals surface area contributed by atoms with E-state index in [9.17, 15) is 0 Å². The van der Waals surface area contributed by atoms with Crippen LogP contribution < -0.4 is 0 Å². The summed E-state index contributed by atoms with van der Waals surface area (Å²) in [4.78, 5) is 0. The summed E-state index contributed by atoms with van der Waals surface area (Å²) in [6.45, 7) is 5.07. The minimum atomic E-state index is -1.86. The summed E-state index contributed by atoms with van der Waals surface area (Å²) in [5.74, 6) is 0. The van der Waals surface area contributed by atoms with Gasteiger partial charge < -0.3 is 9.47 Å². The van der Waals surface area contributed by atoms with Crippen molar-refractivity contribution in [2.45, 2.75) is 38.8 Å². The third-order valence-electron chi connectivity index (χ3n) is 1.98. The van der Waals surface area contributed by atoms with Crippen LogP contribution in [-0.2, 0) is 9.47 Å². The summed E-state index contributed by atoms with van der Waals surface area (Å²) in [5.41, 5.74) is 0. The molecule has 0 aromatic rings. The van der Waals surface area contributed by atoms with Crippen LogP contribution in [0.3, 0.4) is 0 Å². The topological polar surface area (TPSA) is 18.5 Å². The van der Waals surface area contributed by atoms with E-state index in [1.54, 1.807) is 0 Å². The van der Waals surface area contributed by atoms with Gasteiger partial charge in [-0.05, 0) is 25.9 Å². The van der Waals surface area contributed by atoms with Gasteiger partial charge in [0, 0.05) is 13.2 Å². The lowest BCUT2D eigenvalue weighted by molar-refractivity contribution is 0.0514. The van der Waals surface area contributed by atoms with E-state index in [1.807, 2.05) is 13.5 Å². The van der Waals surface area contributed by atoms with Gasteiger partial charge in [0.2, 0.25) is 6.69 Å². The predicted octanol–water partition coefficient (Wildman–Crippen LogP) is 3.76. The molecule has 0 spiro atoms. The third-order valence-corrected chi connectivity index (χ3v) is 4.35. The standard InChI is InChI=1S/C10H22Cl2O2Si/c1-3-13-8-9-14-7-5-4-6-10-15(2,11)12/h3-10H2,1-2H3. The second kappa shape index (κ2) is 9.91. The lowest BCUT2D eigenvalue weighted by Gasteiger charge is -2.09. The fourth-order valence-corrected chi connectivity index (χ4v) is 2.85. The van der Waals surface area contributed by atoms with Crippen molar-refractivity contribution >= 4 is 28.9 Å². The molecule has 0 aliphatic rings. The number of hydrogen-bond donors (Lipinski definition) is 0. The molecule has 0 fully saturated rings. The molecule has 0 aliphatic carbocycles. The van der Waals surface area contributed by atoms with Gasteiger partial charge in [0.1, 0.15) is 0 Å². The first kappa shape index (κ1) is 15.7. The Balaban J connectivity index is 2.99. The van der Waals surface area contributed by atoms with E-state index in [-0.39, 0.29) is 0 Å². The molecule has 0 unspecified atom stereocenters. The Bertz CT molecular complexity index is 140. The van der Waals surface area contributed by atoms with Gasteiger partial charge in [-0.15, -0.1) is 22.2 Å². The number of rotatable bonds is 10. The molecule has 0 aliphatic heterocycles. The van der Waals surface area contributed by atoms with E-state index in [0.29, 0.717) is 13.2 Å². The zero-order valence-electron chi connectivity index (χ0n) is 9.73. The van der Waals surface area contributed by atoms with Crippen LogP contribution in [0.15, 0.2) is 0 Å². The van der Waals surface area contributed by atoms with Crippen LogP contribution in [0, 0.1) is 0 Å². The summed E-state index contributed by atoms with van der Waals surface area (Å²) >= 11 is 12.0. The van der Waals surface area contributed by atoms with Crippen molar-refractivity contribution in [3.05, 3.63) is 0 Å². The lowest BCUT2D eigenvalue weighted by atomic mass is 10.3. The van der Waals surface area contributed by atoms with Gasteiger partial charge >= 0.3 is 0 Å². The van der Waals surface area contributed by atoms with Gasteiger partial charge in [-0.2, -0.15) is 0 Å². The monoisotopic (exact) mass is 272 g/mol. The van der Waals surface area contributed by atoms with Gasteiger partial charge in [0.05, 0.1) is 13.2 Å². The normalized spacial score (nSPS) is 12.0. The average molecular weight is 273 g/mol. The first-order chi connectivity index (χ1) is 7.06. The van der Waals surface area contributed by atoms with Crippen molar-refractivity contribution in [3.8, 4) is 0 Å². The molecular weight excluding hydrogens is 251 g/mol. The second-order valence-electron chi connectivity index (χ2n) is 3.69. The Kier molecular flexibility index (Phi) is 10.4.